The van der Waals surface area contributed by atoms with Gasteiger partial charge in [0.2, 0.25) is 5.91 Å². The lowest BCUT2D eigenvalue weighted by Gasteiger charge is -2.43. The average molecular weight is 433 g/mol. The van der Waals surface area contributed by atoms with Gasteiger partial charge in [0.05, 0.1) is 10.9 Å². The standard InChI is InChI=1S/C27H29FN2O2/c28-24-10-2-1-9-23(24)27(12-16-32-17-13-27)26(31)30-15-5-6-20(19-30)18-21-7-3-11-25-22(21)8-4-14-29-25/h1-4,7-11,14,20H,5-6,12-13,15-19H2. The third kappa shape index (κ3) is 3.90. The summed E-state index contributed by atoms with van der Waals surface area (Å²) in [6.07, 6.45) is 5.87. The molecule has 3 aromatic rings. The second-order valence-electron chi connectivity index (χ2n) is 9.13. The summed E-state index contributed by atoms with van der Waals surface area (Å²) in [5.41, 5.74) is 1.99. The summed E-state index contributed by atoms with van der Waals surface area (Å²) in [4.78, 5) is 20.4. The van der Waals surface area contributed by atoms with Gasteiger partial charge in [0, 0.05) is 43.4 Å². The smallest absolute Gasteiger partial charge is 0.233 e. The number of nitrogens with zero attached hydrogens (tertiary/aromatic N) is 2. The molecule has 3 heterocycles. The number of rotatable bonds is 4. The molecule has 32 heavy (non-hydrogen) atoms. The molecular formula is C27H29FN2O2. The Morgan fingerprint density at radius 1 is 1.09 bits per heavy atom. The summed E-state index contributed by atoms with van der Waals surface area (Å²) in [7, 11) is 0. The van der Waals surface area contributed by atoms with Crippen molar-refractivity contribution in [1.29, 1.82) is 0 Å². The predicted molar refractivity (Wildman–Crippen MR) is 123 cm³/mol. The van der Waals surface area contributed by atoms with Gasteiger partial charge in [-0.1, -0.05) is 36.4 Å². The van der Waals surface area contributed by atoms with Gasteiger partial charge in [-0.05, 0) is 61.8 Å². The normalized spacial score (nSPS) is 20.9. The van der Waals surface area contributed by atoms with E-state index in [9.17, 15) is 9.18 Å². The van der Waals surface area contributed by atoms with Crippen LogP contribution in [0.25, 0.3) is 10.9 Å². The van der Waals surface area contributed by atoms with Crippen LogP contribution in [-0.4, -0.2) is 42.1 Å². The lowest BCUT2D eigenvalue weighted by atomic mass is 9.72. The summed E-state index contributed by atoms with van der Waals surface area (Å²) in [6, 6.07) is 17.1. The first-order valence-electron chi connectivity index (χ1n) is 11.6. The molecule has 0 radical (unpaired) electrons. The van der Waals surface area contributed by atoms with Crippen molar-refractivity contribution in [3.63, 3.8) is 0 Å². The summed E-state index contributed by atoms with van der Waals surface area (Å²) in [6.45, 7) is 2.43. The number of likely N-dealkylation sites (tertiary alicyclic amines) is 1. The molecule has 2 saturated heterocycles. The zero-order valence-corrected chi connectivity index (χ0v) is 18.3. The number of hydrogen-bond acceptors (Lipinski definition) is 3. The van der Waals surface area contributed by atoms with Crippen LogP contribution < -0.4 is 0 Å². The fourth-order valence-corrected chi connectivity index (χ4v) is 5.54. The maximum Gasteiger partial charge on any atom is 0.233 e. The quantitative estimate of drug-likeness (QED) is 0.589. The topological polar surface area (TPSA) is 42.4 Å². The SMILES string of the molecule is O=C(N1CCCC(Cc2cccc3ncccc23)C1)C1(c2ccccc2F)CCOCC1. The fourth-order valence-electron chi connectivity index (χ4n) is 5.54. The van der Waals surface area contributed by atoms with E-state index in [2.05, 4.69) is 23.2 Å². The minimum absolute atomic E-state index is 0.0650. The van der Waals surface area contributed by atoms with Crippen LogP contribution in [0.2, 0.25) is 0 Å². The fraction of sp³-hybridized carbons (Fsp3) is 0.407. The van der Waals surface area contributed by atoms with Crippen molar-refractivity contribution in [2.45, 2.75) is 37.5 Å². The van der Waals surface area contributed by atoms with Crippen LogP contribution in [0, 0.1) is 11.7 Å². The number of carbonyl (C=O) groups is 1. The van der Waals surface area contributed by atoms with Crippen LogP contribution in [-0.2, 0) is 21.4 Å². The summed E-state index contributed by atoms with van der Waals surface area (Å²) in [5.74, 6) is 0.158. The Balaban J connectivity index is 1.39. The van der Waals surface area contributed by atoms with Gasteiger partial charge >= 0.3 is 0 Å². The summed E-state index contributed by atoms with van der Waals surface area (Å²) < 4.78 is 20.4. The van der Waals surface area contributed by atoms with E-state index >= 15 is 0 Å². The molecule has 1 unspecified atom stereocenters. The minimum Gasteiger partial charge on any atom is -0.381 e. The molecule has 4 nitrogen and oxygen atoms in total. The molecular weight excluding hydrogens is 403 g/mol. The first kappa shape index (κ1) is 21.1. The van der Waals surface area contributed by atoms with Gasteiger partial charge in [0.25, 0.3) is 0 Å². The second-order valence-corrected chi connectivity index (χ2v) is 9.13. The summed E-state index contributed by atoms with van der Waals surface area (Å²) in [5, 5.41) is 1.19. The monoisotopic (exact) mass is 432 g/mol. The molecule has 1 atom stereocenters. The Hall–Kier alpha value is -2.79. The van der Waals surface area contributed by atoms with Gasteiger partial charge < -0.3 is 9.64 Å². The molecule has 1 amide bonds. The van der Waals surface area contributed by atoms with Crippen molar-refractivity contribution in [3.8, 4) is 0 Å². The number of benzene rings is 2. The van der Waals surface area contributed by atoms with Crippen molar-refractivity contribution in [1.82, 2.24) is 9.88 Å². The van der Waals surface area contributed by atoms with Crippen molar-refractivity contribution in [2.24, 2.45) is 5.92 Å². The van der Waals surface area contributed by atoms with Gasteiger partial charge in [0.15, 0.2) is 0 Å². The third-order valence-electron chi connectivity index (χ3n) is 7.20. The molecule has 2 aromatic carbocycles. The van der Waals surface area contributed by atoms with Gasteiger partial charge in [-0.2, -0.15) is 0 Å². The maximum atomic E-state index is 14.8. The molecule has 5 heteroatoms. The van der Waals surface area contributed by atoms with Crippen molar-refractivity contribution in [2.75, 3.05) is 26.3 Å². The molecule has 0 aliphatic carbocycles. The number of hydrogen-bond donors (Lipinski definition) is 0. The number of ether oxygens (including phenoxy) is 1. The minimum atomic E-state index is -0.825. The largest absolute Gasteiger partial charge is 0.381 e. The number of halogens is 1. The Morgan fingerprint density at radius 3 is 2.78 bits per heavy atom. The van der Waals surface area contributed by atoms with Crippen molar-refractivity contribution < 1.29 is 13.9 Å². The molecule has 1 aromatic heterocycles. The molecule has 0 bridgehead atoms. The Kier molecular flexibility index (Phi) is 5.92. The predicted octanol–water partition coefficient (Wildman–Crippen LogP) is 4.90. The van der Waals surface area contributed by atoms with Crippen LogP contribution in [0.15, 0.2) is 60.8 Å². The number of aromatic nitrogens is 1. The molecule has 2 aliphatic heterocycles. The van der Waals surface area contributed by atoms with Gasteiger partial charge in [-0.3, -0.25) is 9.78 Å². The zero-order valence-electron chi connectivity index (χ0n) is 18.3. The Morgan fingerprint density at radius 2 is 1.94 bits per heavy atom. The third-order valence-corrected chi connectivity index (χ3v) is 7.20. The number of piperidine rings is 1. The molecule has 0 saturated carbocycles. The van der Waals surface area contributed by atoms with Crippen LogP contribution in [0.3, 0.4) is 0 Å². The van der Waals surface area contributed by atoms with E-state index < -0.39 is 5.41 Å². The average Bonchev–Trinajstić information content (AvgIpc) is 2.85. The first-order valence-corrected chi connectivity index (χ1v) is 11.6. The highest BCUT2D eigenvalue weighted by molar-refractivity contribution is 5.88. The Bertz CT molecular complexity index is 1100. The Labute approximate surface area is 188 Å². The van der Waals surface area contributed by atoms with Crippen molar-refractivity contribution >= 4 is 16.8 Å². The highest BCUT2D eigenvalue weighted by Crippen LogP contribution is 2.39. The van der Waals surface area contributed by atoms with E-state index in [-0.39, 0.29) is 11.7 Å². The molecule has 0 spiro atoms. The highest BCUT2D eigenvalue weighted by Gasteiger charge is 2.46. The summed E-state index contributed by atoms with van der Waals surface area (Å²) >= 11 is 0. The lowest BCUT2D eigenvalue weighted by molar-refractivity contribution is -0.143. The van der Waals surface area contributed by atoms with E-state index in [4.69, 9.17) is 4.74 Å². The lowest BCUT2D eigenvalue weighted by Crippen LogP contribution is -2.53. The van der Waals surface area contributed by atoms with E-state index in [1.807, 2.05) is 29.3 Å². The molecule has 5 rings (SSSR count). The number of amides is 1. The van der Waals surface area contributed by atoms with Gasteiger partial charge in [0.1, 0.15) is 5.82 Å². The van der Waals surface area contributed by atoms with Crippen LogP contribution >= 0.6 is 0 Å². The van der Waals surface area contributed by atoms with Gasteiger partial charge in [-0.25, -0.2) is 4.39 Å². The van der Waals surface area contributed by atoms with Crippen LogP contribution in [0.1, 0.15) is 36.8 Å². The zero-order chi connectivity index (χ0) is 22.0. The van der Waals surface area contributed by atoms with Crippen LogP contribution in [0.4, 0.5) is 4.39 Å². The van der Waals surface area contributed by atoms with Gasteiger partial charge in [-0.15, -0.1) is 0 Å². The molecule has 2 aliphatic rings. The van der Waals surface area contributed by atoms with Crippen LogP contribution in [0.5, 0.6) is 0 Å². The maximum absolute atomic E-state index is 14.8. The molecule has 0 N–H and O–H groups in total. The van der Waals surface area contributed by atoms with E-state index in [0.717, 1.165) is 31.3 Å². The van der Waals surface area contributed by atoms with E-state index in [1.165, 1.54) is 17.0 Å². The number of pyridine rings is 1. The van der Waals surface area contributed by atoms with E-state index in [1.54, 1.807) is 12.1 Å². The molecule has 2 fully saturated rings. The number of fused-ring (bicyclic) bond motifs is 1. The first-order chi connectivity index (χ1) is 15.7. The van der Waals surface area contributed by atoms with Crippen molar-refractivity contribution in [3.05, 3.63) is 77.7 Å². The second kappa shape index (κ2) is 8.99. The molecule has 166 valence electrons. The van der Waals surface area contributed by atoms with E-state index in [0.29, 0.717) is 44.1 Å². The highest BCUT2D eigenvalue weighted by atomic mass is 19.1. The number of carbonyl (C=O) groups excluding carboxylic acids is 1.